The first-order valence-electron chi connectivity index (χ1n) is 7.29. The Hall–Kier alpha value is -0.830. The lowest BCUT2D eigenvalue weighted by molar-refractivity contribution is 0.348. The zero-order valence-corrected chi connectivity index (χ0v) is 13.1. The molecule has 0 radical (unpaired) electrons. The highest BCUT2D eigenvalue weighted by Gasteiger charge is 2.23. The van der Waals surface area contributed by atoms with Gasteiger partial charge in [0.15, 0.2) is 0 Å². The SMILES string of the molecule is Cc1c(Cl)nc(C(C)C)nc1NC1CCCCC1C. The highest BCUT2D eigenvalue weighted by atomic mass is 35.5. The van der Waals surface area contributed by atoms with Crippen LogP contribution < -0.4 is 5.32 Å². The molecule has 0 aliphatic heterocycles. The smallest absolute Gasteiger partial charge is 0.137 e. The molecule has 1 heterocycles. The molecule has 2 atom stereocenters. The summed E-state index contributed by atoms with van der Waals surface area (Å²) in [4.78, 5) is 9.01. The second-order valence-corrected chi connectivity index (χ2v) is 6.37. The number of hydrogen-bond acceptors (Lipinski definition) is 3. The molecule has 19 heavy (non-hydrogen) atoms. The van der Waals surface area contributed by atoms with Crippen LogP contribution in [0.15, 0.2) is 0 Å². The number of hydrogen-bond donors (Lipinski definition) is 1. The summed E-state index contributed by atoms with van der Waals surface area (Å²) in [6.45, 7) is 8.49. The first-order chi connectivity index (χ1) is 8.99. The molecule has 1 saturated carbocycles. The maximum Gasteiger partial charge on any atom is 0.137 e. The van der Waals surface area contributed by atoms with Gasteiger partial charge in [-0.3, -0.25) is 0 Å². The van der Waals surface area contributed by atoms with Gasteiger partial charge in [-0.15, -0.1) is 0 Å². The molecule has 2 unspecified atom stereocenters. The third-order valence-electron chi connectivity index (χ3n) is 4.05. The molecule has 0 spiro atoms. The van der Waals surface area contributed by atoms with Crippen LogP contribution >= 0.6 is 11.6 Å². The van der Waals surface area contributed by atoms with E-state index in [1.807, 2.05) is 6.92 Å². The summed E-state index contributed by atoms with van der Waals surface area (Å²) >= 11 is 6.23. The Morgan fingerprint density at radius 1 is 1.21 bits per heavy atom. The summed E-state index contributed by atoms with van der Waals surface area (Å²) in [6.07, 6.45) is 5.17. The average molecular weight is 282 g/mol. The lowest BCUT2D eigenvalue weighted by atomic mass is 9.86. The summed E-state index contributed by atoms with van der Waals surface area (Å²) in [5, 5.41) is 4.17. The molecule has 1 N–H and O–H groups in total. The van der Waals surface area contributed by atoms with Crippen molar-refractivity contribution >= 4 is 17.4 Å². The van der Waals surface area contributed by atoms with Crippen molar-refractivity contribution in [2.24, 2.45) is 5.92 Å². The molecule has 0 aromatic carbocycles. The van der Waals surface area contributed by atoms with E-state index in [9.17, 15) is 0 Å². The van der Waals surface area contributed by atoms with E-state index < -0.39 is 0 Å². The highest BCUT2D eigenvalue weighted by molar-refractivity contribution is 6.30. The van der Waals surface area contributed by atoms with Gasteiger partial charge in [0.25, 0.3) is 0 Å². The second kappa shape index (κ2) is 6.08. The second-order valence-electron chi connectivity index (χ2n) is 6.01. The lowest BCUT2D eigenvalue weighted by Gasteiger charge is -2.30. The third-order valence-corrected chi connectivity index (χ3v) is 4.42. The highest BCUT2D eigenvalue weighted by Crippen LogP contribution is 2.29. The molecule has 3 nitrogen and oxygen atoms in total. The van der Waals surface area contributed by atoms with Crippen molar-refractivity contribution in [1.82, 2.24) is 9.97 Å². The van der Waals surface area contributed by atoms with Gasteiger partial charge in [-0.1, -0.05) is 45.2 Å². The molecular formula is C15H24ClN3. The van der Waals surface area contributed by atoms with Gasteiger partial charge in [0, 0.05) is 17.5 Å². The van der Waals surface area contributed by atoms with Crippen molar-refractivity contribution < 1.29 is 0 Å². The van der Waals surface area contributed by atoms with E-state index in [0.29, 0.717) is 23.0 Å². The Kier molecular flexibility index (Phi) is 4.67. The maximum absolute atomic E-state index is 6.23. The van der Waals surface area contributed by atoms with Crippen LogP contribution in [0.2, 0.25) is 5.15 Å². The number of nitrogens with one attached hydrogen (secondary N) is 1. The van der Waals surface area contributed by atoms with Gasteiger partial charge < -0.3 is 5.32 Å². The summed E-state index contributed by atoms with van der Waals surface area (Å²) < 4.78 is 0. The van der Waals surface area contributed by atoms with Gasteiger partial charge >= 0.3 is 0 Å². The molecule has 1 fully saturated rings. The fraction of sp³-hybridized carbons (Fsp3) is 0.733. The first-order valence-corrected chi connectivity index (χ1v) is 7.67. The van der Waals surface area contributed by atoms with Crippen molar-refractivity contribution in [3.05, 3.63) is 16.5 Å². The Morgan fingerprint density at radius 2 is 1.89 bits per heavy atom. The fourth-order valence-corrected chi connectivity index (χ4v) is 2.79. The van der Waals surface area contributed by atoms with Crippen LogP contribution in [0.3, 0.4) is 0 Å². The Morgan fingerprint density at radius 3 is 2.53 bits per heavy atom. The largest absolute Gasteiger partial charge is 0.367 e. The Labute approximate surface area is 121 Å². The summed E-state index contributed by atoms with van der Waals surface area (Å²) in [6, 6.07) is 0.512. The van der Waals surface area contributed by atoms with Crippen molar-refractivity contribution in [3.8, 4) is 0 Å². The Bertz CT molecular complexity index is 445. The zero-order chi connectivity index (χ0) is 14.0. The van der Waals surface area contributed by atoms with E-state index in [4.69, 9.17) is 11.6 Å². The van der Waals surface area contributed by atoms with Crippen LogP contribution in [0.5, 0.6) is 0 Å². The van der Waals surface area contributed by atoms with Crippen LogP contribution in [-0.2, 0) is 0 Å². The van der Waals surface area contributed by atoms with E-state index in [1.165, 1.54) is 25.7 Å². The minimum absolute atomic E-state index is 0.294. The minimum atomic E-state index is 0.294. The molecule has 0 bridgehead atoms. The summed E-state index contributed by atoms with van der Waals surface area (Å²) in [5.41, 5.74) is 0.962. The predicted octanol–water partition coefficient (Wildman–Crippen LogP) is 4.55. The molecule has 1 aliphatic rings. The number of rotatable bonds is 3. The lowest BCUT2D eigenvalue weighted by Crippen LogP contribution is -2.31. The standard InChI is InChI=1S/C15H24ClN3/c1-9(2)14-18-13(16)11(4)15(19-14)17-12-8-6-5-7-10(12)3/h9-10,12H,5-8H2,1-4H3,(H,17,18,19). The van der Waals surface area contributed by atoms with Crippen molar-refractivity contribution in [1.29, 1.82) is 0 Å². The van der Waals surface area contributed by atoms with E-state index in [2.05, 4.69) is 36.1 Å². The maximum atomic E-state index is 6.23. The van der Waals surface area contributed by atoms with Gasteiger partial charge in [0.05, 0.1) is 0 Å². The van der Waals surface area contributed by atoms with Gasteiger partial charge in [-0.05, 0) is 25.7 Å². The fourth-order valence-electron chi connectivity index (χ4n) is 2.61. The zero-order valence-electron chi connectivity index (χ0n) is 12.3. The Balaban J connectivity index is 2.23. The van der Waals surface area contributed by atoms with Crippen LogP contribution in [0.1, 0.15) is 63.8 Å². The summed E-state index contributed by atoms with van der Waals surface area (Å²) in [7, 11) is 0. The van der Waals surface area contributed by atoms with Gasteiger partial charge in [0.1, 0.15) is 16.8 Å². The molecule has 1 aromatic rings. The topological polar surface area (TPSA) is 37.8 Å². The van der Waals surface area contributed by atoms with Crippen LogP contribution in [-0.4, -0.2) is 16.0 Å². The number of anilines is 1. The molecule has 1 aromatic heterocycles. The quantitative estimate of drug-likeness (QED) is 0.826. The van der Waals surface area contributed by atoms with Gasteiger partial charge in [-0.2, -0.15) is 0 Å². The van der Waals surface area contributed by atoms with E-state index in [-0.39, 0.29) is 0 Å². The van der Waals surface area contributed by atoms with Crippen molar-refractivity contribution in [2.45, 2.75) is 65.3 Å². The van der Waals surface area contributed by atoms with Crippen molar-refractivity contribution in [3.63, 3.8) is 0 Å². The average Bonchev–Trinajstić information content (AvgIpc) is 2.37. The van der Waals surface area contributed by atoms with Crippen LogP contribution in [0, 0.1) is 12.8 Å². The number of aromatic nitrogens is 2. The van der Waals surface area contributed by atoms with Crippen LogP contribution in [0.4, 0.5) is 5.82 Å². The van der Waals surface area contributed by atoms with Crippen LogP contribution in [0.25, 0.3) is 0 Å². The molecule has 0 saturated heterocycles. The van der Waals surface area contributed by atoms with E-state index in [0.717, 1.165) is 17.2 Å². The summed E-state index contributed by atoms with van der Waals surface area (Å²) in [5.74, 6) is 2.73. The molecule has 4 heteroatoms. The minimum Gasteiger partial charge on any atom is -0.367 e. The number of nitrogens with zero attached hydrogens (tertiary/aromatic N) is 2. The normalized spacial score (nSPS) is 23.7. The molecule has 2 rings (SSSR count). The van der Waals surface area contributed by atoms with Crippen molar-refractivity contribution in [2.75, 3.05) is 5.32 Å². The van der Waals surface area contributed by atoms with E-state index in [1.54, 1.807) is 0 Å². The predicted molar refractivity (Wildman–Crippen MR) is 80.9 cm³/mol. The molecular weight excluding hydrogens is 258 g/mol. The number of halogens is 1. The van der Waals surface area contributed by atoms with Gasteiger partial charge in [-0.25, -0.2) is 9.97 Å². The molecule has 0 amide bonds. The third kappa shape index (κ3) is 3.38. The van der Waals surface area contributed by atoms with Gasteiger partial charge in [0.2, 0.25) is 0 Å². The van der Waals surface area contributed by atoms with E-state index >= 15 is 0 Å². The molecule has 1 aliphatic carbocycles. The first kappa shape index (κ1) is 14.6. The molecule has 106 valence electrons. The monoisotopic (exact) mass is 281 g/mol.